The Morgan fingerprint density at radius 1 is 1.41 bits per heavy atom. The summed E-state index contributed by atoms with van der Waals surface area (Å²) in [5.74, 6) is 1.93. The van der Waals surface area contributed by atoms with Crippen LogP contribution in [0.25, 0.3) is 0 Å². The Hall–Kier alpha value is -0.830. The number of hydrogen-bond donors (Lipinski definition) is 1. The van der Waals surface area contributed by atoms with Crippen LogP contribution in [-0.4, -0.2) is 5.84 Å². The molecular weight excluding hydrogens is 228 g/mol. The van der Waals surface area contributed by atoms with E-state index < -0.39 is 0 Å². The maximum Gasteiger partial charge on any atom is 0.0976 e. The Morgan fingerprint density at radius 3 is 2.65 bits per heavy atom. The lowest BCUT2D eigenvalue weighted by atomic mass is 10.0. The second-order valence-corrected chi connectivity index (χ2v) is 6.22. The Labute approximate surface area is 108 Å². The zero-order valence-corrected chi connectivity index (χ0v) is 11.5. The fourth-order valence-corrected chi connectivity index (χ4v) is 3.42. The molecule has 0 radical (unpaired) electrons. The Morgan fingerprint density at radius 2 is 2.12 bits per heavy atom. The summed E-state index contributed by atoms with van der Waals surface area (Å²) in [6.45, 7) is 4.44. The van der Waals surface area contributed by atoms with Crippen LogP contribution in [0.2, 0.25) is 0 Å². The van der Waals surface area contributed by atoms with Crippen LogP contribution in [0.5, 0.6) is 0 Å². The van der Waals surface area contributed by atoms with Crippen molar-refractivity contribution in [3.8, 4) is 0 Å². The lowest BCUT2D eigenvalue weighted by molar-refractivity contribution is 0.518. The summed E-state index contributed by atoms with van der Waals surface area (Å²) in [5.41, 5.74) is 6.18. The molecule has 0 aromatic carbocycles. The van der Waals surface area contributed by atoms with Crippen molar-refractivity contribution in [3.63, 3.8) is 0 Å². The molecule has 1 aromatic rings. The number of thiophene rings is 1. The van der Waals surface area contributed by atoms with Gasteiger partial charge in [-0.3, -0.25) is 4.99 Å². The minimum Gasteiger partial charge on any atom is -0.387 e. The third kappa shape index (κ3) is 3.09. The van der Waals surface area contributed by atoms with E-state index in [2.05, 4.69) is 31.4 Å². The van der Waals surface area contributed by atoms with Gasteiger partial charge in [-0.2, -0.15) is 0 Å². The van der Waals surface area contributed by atoms with Crippen molar-refractivity contribution in [1.29, 1.82) is 0 Å². The first kappa shape index (κ1) is 12.6. The van der Waals surface area contributed by atoms with Crippen LogP contribution in [0, 0.1) is 11.8 Å². The lowest BCUT2D eigenvalue weighted by Crippen LogP contribution is -2.23. The van der Waals surface area contributed by atoms with Crippen molar-refractivity contribution in [2.75, 3.05) is 0 Å². The third-order valence-electron chi connectivity index (χ3n) is 3.53. The van der Waals surface area contributed by atoms with E-state index >= 15 is 0 Å². The molecular formula is C14H22N2S. The first-order valence-electron chi connectivity index (χ1n) is 6.55. The second kappa shape index (κ2) is 5.67. The van der Waals surface area contributed by atoms with Crippen LogP contribution in [0.3, 0.4) is 0 Å². The first-order valence-corrected chi connectivity index (χ1v) is 7.43. The van der Waals surface area contributed by atoms with E-state index in [0.29, 0.717) is 11.8 Å². The molecule has 0 spiro atoms. The van der Waals surface area contributed by atoms with Crippen molar-refractivity contribution in [2.45, 2.75) is 45.6 Å². The molecule has 17 heavy (non-hydrogen) atoms. The number of hydrogen-bond acceptors (Lipinski definition) is 2. The van der Waals surface area contributed by atoms with E-state index in [1.54, 1.807) is 11.3 Å². The Bertz CT molecular complexity index is 362. The summed E-state index contributed by atoms with van der Waals surface area (Å²) in [5, 5.41) is 2.12. The molecule has 1 heterocycles. The van der Waals surface area contributed by atoms with Crippen molar-refractivity contribution >= 4 is 17.2 Å². The summed E-state index contributed by atoms with van der Waals surface area (Å²) < 4.78 is 0. The molecule has 3 heteroatoms. The van der Waals surface area contributed by atoms with Crippen LogP contribution >= 0.6 is 11.3 Å². The quantitative estimate of drug-likeness (QED) is 0.637. The molecule has 1 fully saturated rings. The van der Waals surface area contributed by atoms with Crippen LogP contribution in [0.1, 0.15) is 50.4 Å². The molecule has 2 rings (SSSR count). The third-order valence-corrected chi connectivity index (χ3v) is 4.47. The number of nitrogens with two attached hydrogens (primary N) is 1. The molecule has 94 valence electrons. The zero-order valence-electron chi connectivity index (χ0n) is 10.7. The number of nitrogens with zero attached hydrogens (tertiary/aromatic N) is 1. The maximum absolute atomic E-state index is 6.18. The summed E-state index contributed by atoms with van der Waals surface area (Å²) in [6, 6.07) is 4.51. The highest BCUT2D eigenvalue weighted by Crippen LogP contribution is 2.31. The lowest BCUT2D eigenvalue weighted by Gasteiger charge is -2.18. The monoisotopic (exact) mass is 250 g/mol. The number of aliphatic imine (C=N–C) groups is 1. The van der Waals surface area contributed by atoms with Gasteiger partial charge >= 0.3 is 0 Å². The predicted molar refractivity (Wildman–Crippen MR) is 75.5 cm³/mol. The molecule has 1 atom stereocenters. The van der Waals surface area contributed by atoms with Crippen LogP contribution in [0.4, 0.5) is 0 Å². The molecule has 2 nitrogen and oxygen atoms in total. The van der Waals surface area contributed by atoms with Crippen LogP contribution in [0.15, 0.2) is 22.5 Å². The zero-order chi connectivity index (χ0) is 12.3. The molecule has 0 saturated heterocycles. The molecule has 0 aliphatic heterocycles. The van der Waals surface area contributed by atoms with E-state index in [1.165, 1.54) is 30.6 Å². The van der Waals surface area contributed by atoms with Gasteiger partial charge < -0.3 is 5.73 Å². The standard InChI is InChI=1S/C14H22N2S/c1-10(2)13(12-8-5-9-17-12)16-14(15)11-6-3-4-7-11/h5,8-11,13H,3-4,6-7H2,1-2H3,(H2,15,16). The van der Waals surface area contributed by atoms with Gasteiger partial charge in [0, 0.05) is 10.8 Å². The van der Waals surface area contributed by atoms with Gasteiger partial charge in [0.1, 0.15) is 0 Å². The van der Waals surface area contributed by atoms with E-state index in [1.807, 2.05) is 0 Å². The molecule has 1 aliphatic carbocycles. The SMILES string of the molecule is CC(C)C(N=C(N)C1CCCC1)c1cccs1. The molecule has 0 bridgehead atoms. The highest BCUT2D eigenvalue weighted by Gasteiger charge is 2.22. The normalized spacial score (nSPS) is 20.1. The van der Waals surface area contributed by atoms with Crippen molar-refractivity contribution < 1.29 is 0 Å². The predicted octanol–water partition coefficient (Wildman–Crippen LogP) is 3.99. The average Bonchev–Trinajstić information content (AvgIpc) is 2.97. The molecule has 1 unspecified atom stereocenters. The minimum absolute atomic E-state index is 0.246. The Kier molecular flexibility index (Phi) is 4.21. The molecule has 1 aliphatic rings. The van der Waals surface area contributed by atoms with E-state index in [0.717, 1.165) is 5.84 Å². The van der Waals surface area contributed by atoms with Gasteiger partial charge in [-0.05, 0) is 30.2 Å². The van der Waals surface area contributed by atoms with Crippen molar-refractivity contribution in [2.24, 2.45) is 22.6 Å². The van der Waals surface area contributed by atoms with Crippen LogP contribution < -0.4 is 5.73 Å². The first-order chi connectivity index (χ1) is 8.18. The molecule has 1 aromatic heterocycles. The highest BCUT2D eigenvalue weighted by molar-refractivity contribution is 7.10. The van der Waals surface area contributed by atoms with Gasteiger partial charge in [-0.15, -0.1) is 11.3 Å². The van der Waals surface area contributed by atoms with Crippen LogP contribution in [-0.2, 0) is 0 Å². The summed E-state index contributed by atoms with van der Waals surface area (Å²) in [7, 11) is 0. The van der Waals surface area contributed by atoms with Gasteiger partial charge in [-0.1, -0.05) is 32.8 Å². The molecule has 2 N–H and O–H groups in total. The molecule has 0 amide bonds. The fraction of sp³-hybridized carbons (Fsp3) is 0.643. The molecule has 1 saturated carbocycles. The van der Waals surface area contributed by atoms with Crippen molar-refractivity contribution in [3.05, 3.63) is 22.4 Å². The summed E-state index contributed by atoms with van der Waals surface area (Å²) in [6.07, 6.45) is 5.08. The summed E-state index contributed by atoms with van der Waals surface area (Å²) in [4.78, 5) is 6.14. The van der Waals surface area contributed by atoms with Crippen molar-refractivity contribution in [1.82, 2.24) is 0 Å². The smallest absolute Gasteiger partial charge is 0.0976 e. The maximum atomic E-state index is 6.18. The highest BCUT2D eigenvalue weighted by atomic mass is 32.1. The number of rotatable bonds is 4. The average molecular weight is 250 g/mol. The largest absolute Gasteiger partial charge is 0.387 e. The minimum atomic E-state index is 0.246. The van der Waals surface area contributed by atoms with Gasteiger partial charge in [0.15, 0.2) is 0 Å². The Balaban J connectivity index is 2.14. The van der Waals surface area contributed by atoms with Gasteiger partial charge in [0.25, 0.3) is 0 Å². The topological polar surface area (TPSA) is 38.4 Å². The van der Waals surface area contributed by atoms with E-state index in [4.69, 9.17) is 10.7 Å². The summed E-state index contributed by atoms with van der Waals surface area (Å²) >= 11 is 1.78. The van der Waals surface area contributed by atoms with Gasteiger partial charge in [0.05, 0.1) is 11.9 Å². The second-order valence-electron chi connectivity index (χ2n) is 5.24. The number of amidine groups is 1. The van der Waals surface area contributed by atoms with Gasteiger partial charge in [0.2, 0.25) is 0 Å². The van der Waals surface area contributed by atoms with E-state index in [9.17, 15) is 0 Å². The van der Waals surface area contributed by atoms with E-state index in [-0.39, 0.29) is 6.04 Å². The fourth-order valence-electron chi connectivity index (χ4n) is 2.49. The van der Waals surface area contributed by atoms with Gasteiger partial charge in [-0.25, -0.2) is 0 Å².